The first kappa shape index (κ1) is 9.34. The van der Waals surface area contributed by atoms with Crippen LogP contribution in [0.15, 0.2) is 49.1 Å². The van der Waals surface area contributed by atoms with Crippen LogP contribution in [0.25, 0.3) is 0 Å². The largest absolute Gasteiger partial charge is 0.122 e. The van der Waals surface area contributed by atoms with Crippen LogP contribution in [0.2, 0.25) is 0 Å². The first-order valence-corrected chi connectivity index (χ1v) is 4.51. The summed E-state index contributed by atoms with van der Waals surface area (Å²) in [6.07, 6.45) is 11.0. The molecular weight excluding hydrogens is 168 g/mol. The molecule has 0 fully saturated rings. The second kappa shape index (κ2) is 3.77. The molecule has 0 saturated carbocycles. The molecule has 0 spiro atoms. The minimum Gasteiger partial charge on any atom is -0.122 e. The minimum absolute atomic E-state index is 0.0461. The first-order valence-electron chi connectivity index (χ1n) is 3.98. The highest BCUT2D eigenvalue weighted by Gasteiger charge is 2.19. The van der Waals surface area contributed by atoms with Crippen LogP contribution in [0.3, 0.4) is 0 Å². The topological polar surface area (TPSA) is 0 Å². The molecular formula is C11H13Cl. The third kappa shape index (κ3) is 1.70. The maximum atomic E-state index is 5.69. The van der Waals surface area contributed by atoms with Gasteiger partial charge in [0.1, 0.15) is 0 Å². The van der Waals surface area contributed by atoms with Gasteiger partial charge in [0.25, 0.3) is 0 Å². The highest BCUT2D eigenvalue weighted by molar-refractivity contribution is 6.19. The van der Waals surface area contributed by atoms with E-state index in [1.54, 1.807) is 0 Å². The summed E-state index contributed by atoms with van der Waals surface area (Å²) in [6.45, 7) is 7.59. The van der Waals surface area contributed by atoms with Gasteiger partial charge in [0.05, 0.1) is 0 Å². The maximum Gasteiger partial charge on any atom is 0.0470 e. The van der Waals surface area contributed by atoms with Gasteiger partial charge >= 0.3 is 0 Å². The summed E-state index contributed by atoms with van der Waals surface area (Å²) in [7, 11) is 0. The Labute approximate surface area is 78.9 Å². The quantitative estimate of drug-likeness (QED) is 0.461. The van der Waals surface area contributed by atoms with E-state index in [9.17, 15) is 0 Å². The molecule has 64 valence electrons. The molecule has 12 heavy (non-hydrogen) atoms. The lowest BCUT2D eigenvalue weighted by atomic mass is 9.80. The molecule has 1 rings (SSSR count). The van der Waals surface area contributed by atoms with Crippen LogP contribution >= 0.6 is 11.6 Å². The van der Waals surface area contributed by atoms with E-state index < -0.39 is 0 Å². The number of alkyl halides is 1. The molecule has 0 N–H and O–H groups in total. The van der Waals surface area contributed by atoms with E-state index in [0.717, 1.165) is 6.42 Å². The summed E-state index contributed by atoms with van der Waals surface area (Å²) >= 11 is 5.69. The summed E-state index contributed by atoms with van der Waals surface area (Å²) in [5.74, 6) is 0.584. The Kier molecular flexibility index (Phi) is 2.93. The van der Waals surface area contributed by atoms with Crippen molar-refractivity contribution in [2.24, 2.45) is 5.41 Å². The fourth-order valence-corrected chi connectivity index (χ4v) is 1.39. The Hall–Kier alpha value is -0.750. The van der Waals surface area contributed by atoms with Crippen LogP contribution in [0, 0.1) is 5.41 Å². The predicted octanol–water partition coefficient (Wildman–Crippen LogP) is 3.47. The molecule has 0 bridgehead atoms. The molecule has 0 saturated heterocycles. The summed E-state index contributed by atoms with van der Waals surface area (Å²) in [5.41, 5.74) is 1.13. The predicted molar refractivity (Wildman–Crippen MR) is 55.4 cm³/mol. The van der Waals surface area contributed by atoms with Gasteiger partial charge in [-0.15, -0.1) is 24.8 Å². The van der Waals surface area contributed by atoms with Gasteiger partial charge in [-0.05, 0) is 12.0 Å². The number of hydrogen-bond acceptors (Lipinski definition) is 0. The van der Waals surface area contributed by atoms with Crippen LogP contribution < -0.4 is 0 Å². The molecule has 0 aromatic carbocycles. The van der Waals surface area contributed by atoms with E-state index in [2.05, 4.69) is 25.3 Å². The smallest absolute Gasteiger partial charge is 0.0470 e. The molecule has 1 aliphatic carbocycles. The molecule has 0 atom stereocenters. The maximum absolute atomic E-state index is 5.69. The van der Waals surface area contributed by atoms with E-state index in [1.807, 2.05) is 18.2 Å². The molecule has 0 aliphatic heterocycles. The van der Waals surface area contributed by atoms with Crippen molar-refractivity contribution in [3.05, 3.63) is 49.1 Å². The average Bonchev–Trinajstić information content (AvgIpc) is 2.18. The molecule has 0 aromatic rings. The second-order valence-electron chi connectivity index (χ2n) is 2.97. The van der Waals surface area contributed by atoms with Crippen molar-refractivity contribution in [1.82, 2.24) is 0 Å². The van der Waals surface area contributed by atoms with Crippen LogP contribution in [0.5, 0.6) is 0 Å². The van der Waals surface area contributed by atoms with Crippen molar-refractivity contribution in [3.63, 3.8) is 0 Å². The Morgan fingerprint density at radius 2 is 2.17 bits per heavy atom. The van der Waals surface area contributed by atoms with Crippen LogP contribution in [-0.2, 0) is 0 Å². The molecule has 0 radical (unpaired) electrons. The van der Waals surface area contributed by atoms with E-state index in [0.29, 0.717) is 5.88 Å². The second-order valence-corrected chi connectivity index (χ2v) is 3.24. The standard InChI is InChI=1S/C11H13Cl/c1-3-11(4-2)7-5-10(9-12)6-8-11/h3-7H,1-2,8-9H2. The number of hydrogen-bond donors (Lipinski definition) is 0. The molecule has 0 heterocycles. The van der Waals surface area contributed by atoms with E-state index >= 15 is 0 Å². The molecule has 0 amide bonds. The van der Waals surface area contributed by atoms with Crippen molar-refractivity contribution < 1.29 is 0 Å². The van der Waals surface area contributed by atoms with Gasteiger partial charge in [0, 0.05) is 11.3 Å². The van der Waals surface area contributed by atoms with E-state index in [-0.39, 0.29) is 5.41 Å². The van der Waals surface area contributed by atoms with Gasteiger partial charge in [-0.25, -0.2) is 0 Å². The van der Waals surface area contributed by atoms with E-state index in [1.165, 1.54) is 5.57 Å². The normalized spacial score (nSPS) is 19.9. The van der Waals surface area contributed by atoms with Gasteiger partial charge in [-0.3, -0.25) is 0 Å². The SMILES string of the molecule is C=CC1(C=C)C=CC(CCl)=CC1. The summed E-state index contributed by atoms with van der Waals surface area (Å²) in [4.78, 5) is 0. The Bertz CT molecular complexity index is 238. The molecule has 1 aliphatic rings. The van der Waals surface area contributed by atoms with Gasteiger partial charge in [-0.1, -0.05) is 30.4 Å². The number of halogens is 1. The minimum atomic E-state index is -0.0461. The zero-order valence-electron chi connectivity index (χ0n) is 7.09. The zero-order chi connectivity index (χ0) is 9.03. The first-order chi connectivity index (χ1) is 5.76. The van der Waals surface area contributed by atoms with E-state index in [4.69, 9.17) is 11.6 Å². The van der Waals surface area contributed by atoms with Gasteiger partial charge in [0.2, 0.25) is 0 Å². The molecule has 0 unspecified atom stereocenters. The summed E-state index contributed by atoms with van der Waals surface area (Å²) in [5, 5.41) is 0. The lowest BCUT2D eigenvalue weighted by Gasteiger charge is -2.24. The fraction of sp³-hybridized carbons (Fsp3) is 0.273. The van der Waals surface area contributed by atoms with Crippen molar-refractivity contribution in [3.8, 4) is 0 Å². The monoisotopic (exact) mass is 180 g/mol. The number of rotatable bonds is 3. The number of allylic oxidation sites excluding steroid dienone is 6. The van der Waals surface area contributed by atoms with Crippen LogP contribution in [0.1, 0.15) is 6.42 Å². The van der Waals surface area contributed by atoms with Crippen molar-refractivity contribution in [2.75, 3.05) is 5.88 Å². The zero-order valence-corrected chi connectivity index (χ0v) is 7.85. The third-order valence-corrected chi connectivity index (χ3v) is 2.55. The summed E-state index contributed by atoms with van der Waals surface area (Å²) in [6, 6.07) is 0. The highest BCUT2D eigenvalue weighted by Crippen LogP contribution is 2.32. The van der Waals surface area contributed by atoms with Crippen LogP contribution in [-0.4, -0.2) is 5.88 Å². The van der Waals surface area contributed by atoms with Crippen molar-refractivity contribution >= 4 is 11.6 Å². The van der Waals surface area contributed by atoms with Crippen molar-refractivity contribution in [1.29, 1.82) is 0 Å². The average molecular weight is 181 g/mol. The Morgan fingerprint density at radius 3 is 2.50 bits per heavy atom. The lowest BCUT2D eigenvalue weighted by Crippen LogP contribution is -2.12. The lowest BCUT2D eigenvalue weighted by molar-refractivity contribution is 0.634. The van der Waals surface area contributed by atoms with Crippen LogP contribution in [0.4, 0.5) is 0 Å². The van der Waals surface area contributed by atoms with Gasteiger partial charge < -0.3 is 0 Å². The molecule has 0 aromatic heterocycles. The third-order valence-electron chi connectivity index (χ3n) is 2.24. The fourth-order valence-electron chi connectivity index (χ4n) is 1.19. The molecule has 0 nitrogen and oxygen atoms in total. The molecule has 1 heteroatoms. The van der Waals surface area contributed by atoms with Gasteiger partial charge in [-0.2, -0.15) is 0 Å². The Balaban J connectivity index is 2.81. The summed E-state index contributed by atoms with van der Waals surface area (Å²) < 4.78 is 0. The highest BCUT2D eigenvalue weighted by atomic mass is 35.5. The van der Waals surface area contributed by atoms with Gasteiger partial charge in [0.15, 0.2) is 0 Å². The Morgan fingerprint density at radius 1 is 1.50 bits per heavy atom. The van der Waals surface area contributed by atoms with Crippen molar-refractivity contribution in [2.45, 2.75) is 6.42 Å².